The highest BCUT2D eigenvalue weighted by atomic mass is 79.9. The normalized spacial score (nSPS) is 10.4. The Morgan fingerprint density at radius 2 is 2.00 bits per heavy atom. The van der Waals surface area contributed by atoms with Crippen molar-refractivity contribution in [1.82, 2.24) is 9.97 Å². The predicted molar refractivity (Wildman–Crippen MR) is 76.8 cm³/mol. The van der Waals surface area contributed by atoms with Gasteiger partial charge in [-0.05, 0) is 25.1 Å². The van der Waals surface area contributed by atoms with Crippen LogP contribution in [0.25, 0.3) is 0 Å². The Morgan fingerprint density at radius 1 is 1.30 bits per heavy atom. The molecule has 0 aliphatic rings. The molecule has 2 N–H and O–H groups in total. The van der Waals surface area contributed by atoms with Crippen LogP contribution in [0.5, 0.6) is 11.8 Å². The van der Waals surface area contributed by atoms with Gasteiger partial charge in [-0.15, -0.1) is 0 Å². The average Bonchev–Trinajstić information content (AvgIpc) is 2.34. The molecule has 20 heavy (non-hydrogen) atoms. The monoisotopic (exact) mass is 359 g/mol. The molecule has 8 heteroatoms. The third-order valence-corrected chi connectivity index (χ3v) is 2.91. The number of rotatable bonds is 3. The number of ether oxygens (including phenoxy) is 1. The first kappa shape index (κ1) is 14.7. The zero-order valence-electron chi connectivity index (χ0n) is 10.2. The Balaban J connectivity index is 2.42. The van der Waals surface area contributed by atoms with Crippen LogP contribution < -0.4 is 10.5 Å². The Kier molecular flexibility index (Phi) is 4.24. The van der Waals surface area contributed by atoms with Gasteiger partial charge >= 0.3 is 6.01 Å². The van der Waals surface area contributed by atoms with Crippen molar-refractivity contribution in [2.75, 3.05) is 0 Å². The number of nitrogens with two attached hydrogens (primary N) is 1. The summed E-state index contributed by atoms with van der Waals surface area (Å²) in [5.41, 5.74) is 6.29. The minimum absolute atomic E-state index is 0.0567. The number of benzene rings is 1. The van der Waals surface area contributed by atoms with Crippen LogP contribution >= 0.6 is 28.1 Å². The Morgan fingerprint density at radius 3 is 2.65 bits per heavy atom. The third-order valence-electron chi connectivity index (χ3n) is 2.25. The first-order valence-corrected chi connectivity index (χ1v) is 6.55. The van der Waals surface area contributed by atoms with Gasteiger partial charge in [-0.2, -0.15) is 9.37 Å². The molecule has 0 amide bonds. The van der Waals surface area contributed by atoms with Crippen molar-refractivity contribution in [1.29, 1.82) is 0 Å². The molecule has 0 spiro atoms. The lowest BCUT2D eigenvalue weighted by molar-refractivity contribution is 0.391. The van der Waals surface area contributed by atoms with Crippen LogP contribution in [0.1, 0.15) is 11.4 Å². The van der Waals surface area contributed by atoms with Gasteiger partial charge in [-0.25, -0.2) is 9.37 Å². The van der Waals surface area contributed by atoms with E-state index in [-0.39, 0.29) is 16.7 Å². The van der Waals surface area contributed by atoms with Crippen molar-refractivity contribution in [3.8, 4) is 11.8 Å². The van der Waals surface area contributed by atoms with Gasteiger partial charge in [0.1, 0.15) is 10.7 Å². The van der Waals surface area contributed by atoms with Crippen LogP contribution in [0.4, 0.5) is 8.78 Å². The number of hydrogen-bond acceptors (Lipinski definition) is 4. The Bertz CT molecular complexity index is 697. The number of halogens is 3. The highest BCUT2D eigenvalue weighted by Crippen LogP contribution is 2.28. The summed E-state index contributed by atoms with van der Waals surface area (Å²) in [7, 11) is 0. The summed E-state index contributed by atoms with van der Waals surface area (Å²) in [6.45, 7) is 1.67. The maximum atomic E-state index is 13.6. The molecule has 0 aliphatic heterocycles. The predicted octanol–water partition coefficient (Wildman–Crippen LogP) is 3.25. The summed E-state index contributed by atoms with van der Waals surface area (Å²) in [5.74, 6) is -2.51. The molecule has 1 aromatic heterocycles. The van der Waals surface area contributed by atoms with E-state index in [0.29, 0.717) is 15.9 Å². The molecule has 4 nitrogen and oxygen atoms in total. The second-order valence-electron chi connectivity index (χ2n) is 3.84. The SMILES string of the molecule is Cc1cc(C(N)=S)nc(Oc2cc(Br)cc(F)c2F)n1. The molecule has 2 rings (SSSR count). The number of aryl methyl sites for hydroxylation is 1. The minimum atomic E-state index is -1.13. The van der Waals surface area contributed by atoms with Crippen molar-refractivity contribution >= 4 is 33.1 Å². The maximum Gasteiger partial charge on any atom is 0.322 e. The Labute approximate surface area is 127 Å². The van der Waals surface area contributed by atoms with Gasteiger partial charge in [-0.3, -0.25) is 0 Å². The van der Waals surface area contributed by atoms with Crippen molar-refractivity contribution in [3.63, 3.8) is 0 Å². The maximum absolute atomic E-state index is 13.6. The van der Waals surface area contributed by atoms with Gasteiger partial charge in [0.15, 0.2) is 11.6 Å². The molecule has 0 radical (unpaired) electrons. The fourth-order valence-electron chi connectivity index (χ4n) is 1.42. The van der Waals surface area contributed by atoms with E-state index in [1.807, 2.05) is 0 Å². The van der Waals surface area contributed by atoms with Crippen LogP contribution in [-0.4, -0.2) is 15.0 Å². The largest absolute Gasteiger partial charge is 0.421 e. The summed E-state index contributed by atoms with van der Waals surface area (Å²) < 4.78 is 32.4. The van der Waals surface area contributed by atoms with Gasteiger partial charge in [-0.1, -0.05) is 28.1 Å². The second-order valence-corrected chi connectivity index (χ2v) is 5.20. The van der Waals surface area contributed by atoms with E-state index in [1.165, 1.54) is 6.07 Å². The van der Waals surface area contributed by atoms with E-state index in [4.69, 9.17) is 22.7 Å². The molecule has 0 bridgehead atoms. The highest BCUT2D eigenvalue weighted by molar-refractivity contribution is 9.10. The molecule has 0 unspecified atom stereocenters. The second kappa shape index (κ2) is 5.76. The zero-order valence-corrected chi connectivity index (χ0v) is 12.6. The molecule has 0 atom stereocenters. The van der Waals surface area contributed by atoms with Gasteiger partial charge in [0.05, 0.1) is 0 Å². The van der Waals surface area contributed by atoms with Crippen LogP contribution in [0.3, 0.4) is 0 Å². The topological polar surface area (TPSA) is 61.0 Å². The first-order chi connectivity index (χ1) is 9.36. The molecule has 1 heterocycles. The van der Waals surface area contributed by atoms with E-state index in [9.17, 15) is 8.78 Å². The summed E-state index contributed by atoms with van der Waals surface area (Å²) in [5, 5.41) is 0. The summed E-state index contributed by atoms with van der Waals surface area (Å²) in [4.78, 5) is 7.94. The van der Waals surface area contributed by atoms with Gasteiger partial charge in [0, 0.05) is 10.2 Å². The molecule has 1 aromatic carbocycles. The average molecular weight is 360 g/mol. The van der Waals surface area contributed by atoms with Gasteiger partial charge in [0.2, 0.25) is 5.82 Å². The third kappa shape index (κ3) is 3.26. The number of hydrogen-bond donors (Lipinski definition) is 1. The van der Waals surface area contributed by atoms with Crippen LogP contribution in [0.2, 0.25) is 0 Å². The van der Waals surface area contributed by atoms with Gasteiger partial charge in [0.25, 0.3) is 0 Å². The van der Waals surface area contributed by atoms with Crippen LogP contribution in [0, 0.1) is 18.6 Å². The summed E-state index contributed by atoms with van der Waals surface area (Å²) >= 11 is 7.85. The van der Waals surface area contributed by atoms with E-state index >= 15 is 0 Å². The number of nitrogens with zero attached hydrogens (tertiary/aromatic N) is 2. The number of thiocarbonyl (C=S) groups is 1. The van der Waals surface area contributed by atoms with Gasteiger partial charge < -0.3 is 10.5 Å². The lowest BCUT2D eigenvalue weighted by Crippen LogP contribution is -2.13. The van der Waals surface area contributed by atoms with Crippen molar-refractivity contribution in [2.24, 2.45) is 5.73 Å². The smallest absolute Gasteiger partial charge is 0.322 e. The molecule has 0 fully saturated rings. The molecule has 104 valence electrons. The van der Waals surface area contributed by atoms with E-state index in [1.54, 1.807) is 13.0 Å². The van der Waals surface area contributed by atoms with Crippen molar-refractivity contribution in [3.05, 3.63) is 45.7 Å². The lowest BCUT2D eigenvalue weighted by atomic mass is 10.3. The van der Waals surface area contributed by atoms with E-state index < -0.39 is 11.6 Å². The van der Waals surface area contributed by atoms with E-state index in [0.717, 1.165) is 6.07 Å². The quantitative estimate of drug-likeness (QED) is 0.673. The van der Waals surface area contributed by atoms with E-state index in [2.05, 4.69) is 25.9 Å². The van der Waals surface area contributed by atoms with Crippen LogP contribution in [0.15, 0.2) is 22.7 Å². The molecule has 0 saturated heterocycles. The fourth-order valence-corrected chi connectivity index (χ4v) is 1.93. The summed E-state index contributed by atoms with van der Waals surface area (Å²) in [6.07, 6.45) is 0. The standard InChI is InChI=1S/C12H8BrF2N3OS/c1-5-2-8(11(16)20)18-12(17-5)19-9-4-6(13)3-7(14)10(9)15/h2-4H,1H3,(H2,16,20). The zero-order chi connectivity index (χ0) is 14.9. The number of aromatic nitrogens is 2. The van der Waals surface area contributed by atoms with Crippen molar-refractivity contribution < 1.29 is 13.5 Å². The minimum Gasteiger partial charge on any atom is -0.421 e. The molecule has 0 aliphatic carbocycles. The lowest BCUT2D eigenvalue weighted by Gasteiger charge is -2.08. The molecular formula is C12H8BrF2N3OS. The van der Waals surface area contributed by atoms with Crippen molar-refractivity contribution in [2.45, 2.75) is 6.92 Å². The Hall–Kier alpha value is -1.67. The first-order valence-electron chi connectivity index (χ1n) is 5.34. The van der Waals surface area contributed by atoms with Crippen LogP contribution in [-0.2, 0) is 0 Å². The summed E-state index contributed by atoms with van der Waals surface area (Å²) in [6, 6.07) is 3.65. The molecule has 2 aromatic rings. The molecular weight excluding hydrogens is 352 g/mol. The molecule has 0 saturated carbocycles. The fraction of sp³-hybridized carbons (Fsp3) is 0.0833. The highest BCUT2D eigenvalue weighted by Gasteiger charge is 2.14.